The molecule has 0 aliphatic heterocycles. The van der Waals surface area contributed by atoms with Crippen molar-refractivity contribution in [2.24, 2.45) is 0 Å². The number of hydrogen-bond acceptors (Lipinski definition) is 3. The van der Waals surface area contributed by atoms with E-state index >= 15 is 0 Å². The molecule has 0 bridgehead atoms. The fourth-order valence-electron chi connectivity index (χ4n) is 1.49. The van der Waals surface area contributed by atoms with E-state index in [1.165, 1.54) is 25.3 Å². The average molecular weight is 203 g/mol. The summed E-state index contributed by atoms with van der Waals surface area (Å²) in [5, 5.41) is 9.86. The summed E-state index contributed by atoms with van der Waals surface area (Å²) in [4.78, 5) is 25.2. The minimum atomic E-state index is -0.521. The maximum atomic E-state index is 11.5. The minimum absolute atomic E-state index is 0.117. The Morgan fingerprint density at radius 3 is 2.73 bits per heavy atom. The lowest BCUT2D eigenvalue weighted by atomic mass is 10.1. The molecular weight excluding hydrogens is 194 g/mol. The van der Waals surface area contributed by atoms with Gasteiger partial charge >= 0.3 is 0 Å². The second kappa shape index (κ2) is 3.24. The Morgan fingerprint density at radius 2 is 2.07 bits per heavy atom. The van der Waals surface area contributed by atoms with Crippen molar-refractivity contribution >= 4 is 22.5 Å². The monoisotopic (exact) mass is 203 g/mol. The van der Waals surface area contributed by atoms with Crippen LogP contribution in [0.5, 0.6) is 5.75 Å². The number of aromatic nitrogens is 1. The average Bonchev–Trinajstić information content (AvgIpc) is 2.59. The third kappa shape index (κ3) is 1.50. The molecule has 76 valence electrons. The van der Waals surface area contributed by atoms with Crippen LogP contribution in [0.2, 0.25) is 0 Å². The van der Waals surface area contributed by atoms with Gasteiger partial charge in [0.1, 0.15) is 5.75 Å². The molecule has 2 N–H and O–H groups in total. The van der Waals surface area contributed by atoms with Crippen LogP contribution in [0.1, 0.15) is 17.3 Å². The van der Waals surface area contributed by atoms with Crippen molar-refractivity contribution in [1.82, 2.24) is 4.98 Å². The van der Waals surface area contributed by atoms with E-state index in [0.717, 1.165) is 0 Å². The molecule has 0 unspecified atom stereocenters. The molecule has 4 heteroatoms. The number of ketones is 2. The van der Waals surface area contributed by atoms with Gasteiger partial charge in [-0.1, -0.05) is 0 Å². The predicted octanol–water partition coefficient (Wildman–Crippen LogP) is 1.65. The van der Waals surface area contributed by atoms with Crippen molar-refractivity contribution < 1.29 is 14.7 Å². The van der Waals surface area contributed by atoms with Crippen LogP contribution >= 0.6 is 0 Å². The molecule has 0 saturated carbocycles. The van der Waals surface area contributed by atoms with Crippen molar-refractivity contribution in [3.63, 3.8) is 0 Å². The Bertz CT molecular complexity index is 554. The van der Waals surface area contributed by atoms with Gasteiger partial charge in [-0.3, -0.25) is 9.59 Å². The van der Waals surface area contributed by atoms with Crippen LogP contribution in [0, 0.1) is 0 Å². The maximum Gasteiger partial charge on any atom is 0.230 e. The van der Waals surface area contributed by atoms with Crippen LogP contribution in [0.25, 0.3) is 10.9 Å². The molecule has 1 aromatic carbocycles. The molecule has 0 aliphatic carbocycles. The topological polar surface area (TPSA) is 70.2 Å². The van der Waals surface area contributed by atoms with Crippen LogP contribution in [-0.4, -0.2) is 21.7 Å². The number of fused-ring (bicyclic) bond motifs is 1. The number of phenolic OH excluding ortho intramolecular Hbond substituents is 1. The molecule has 1 heterocycles. The van der Waals surface area contributed by atoms with Gasteiger partial charge in [-0.2, -0.15) is 0 Å². The molecule has 1 aromatic heterocycles. The molecule has 0 amide bonds. The molecule has 0 saturated heterocycles. The van der Waals surface area contributed by atoms with Crippen LogP contribution in [0.3, 0.4) is 0 Å². The number of aromatic hydroxyl groups is 1. The number of H-pyrrole nitrogens is 1. The Kier molecular flexibility index (Phi) is 2.04. The summed E-state index contributed by atoms with van der Waals surface area (Å²) in [6.07, 6.45) is 1.48. The number of benzene rings is 1. The molecular formula is C11H9NO3. The SMILES string of the molecule is CC(=O)C(=O)c1c[nH]c2cc(O)ccc12. The summed E-state index contributed by atoms with van der Waals surface area (Å²) in [5.41, 5.74) is 0.983. The van der Waals surface area contributed by atoms with Crippen molar-refractivity contribution in [3.8, 4) is 5.75 Å². The zero-order valence-electron chi connectivity index (χ0n) is 8.07. The highest BCUT2D eigenvalue weighted by molar-refractivity contribution is 6.45. The van der Waals surface area contributed by atoms with Gasteiger partial charge in [-0.15, -0.1) is 0 Å². The largest absolute Gasteiger partial charge is 0.508 e. The number of phenols is 1. The van der Waals surface area contributed by atoms with E-state index in [0.29, 0.717) is 16.5 Å². The first-order valence-electron chi connectivity index (χ1n) is 4.45. The highest BCUT2D eigenvalue weighted by atomic mass is 16.3. The molecule has 0 aliphatic rings. The minimum Gasteiger partial charge on any atom is -0.508 e. The van der Waals surface area contributed by atoms with Crippen LogP contribution in [0.4, 0.5) is 0 Å². The van der Waals surface area contributed by atoms with Gasteiger partial charge in [0, 0.05) is 30.1 Å². The molecule has 15 heavy (non-hydrogen) atoms. The van der Waals surface area contributed by atoms with Gasteiger partial charge in [0.05, 0.1) is 5.56 Å². The standard InChI is InChI=1S/C11H9NO3/c1-6(13)11(15)9-5-12-10-4-7(14)2-3-8(9)10/h2-5,12,14H,1H3. The first kappa shape index (κ1) is 9.45. The van der Waals surface area contributed by atoms with Crippen molar-refractivity contribution in [1.29, 1.82) is 0 Å². The quantitative estimate of drug-likeness (QED) is 0.575. The number of hydrogen-bond donors (Lipinski definition) is 2. The first-order valence-corrected chi connectivity index (χ1v) is 4.45. The van der Waals surface area contributed by atoms with E-state index in [1.807, 2.05) is 0 Å². The maximum absolute atomic E-state index is 11.5. The Hall–Kier alpha value is -2.10. The molecule has 2 rings (SSSR count). The highest BCUT2D eigenvalue weighted by Gasteiger charge is 2.15. The zero-order valence-corrected chi connectivity index (χ0v) is 8.07. The summed E-state index contributed by atoms with van der Waals surface area (Å²) >= 11 is 0. The van der Waals surface area contributed by atoms with Gasteiger partial charge in [-0.25, -0.2) is 0 Å². The first-order chi connectivity index (χ1) is 7.09. The van der Waals surface area contributed by atoms with E-state index < -0.39 is 11.6 Å². The third-order valence-corrected chi connectivity index (χ3v) is 2.23. The van der Waals surface area contributed by atoms with Gasteiger partial charge in [0.15, 0.2) is 5.78 Å². The summed E-state index contributed by atoms with van der Waals surface area (Å²) in [5.74, 6) is -0.901. The number of rotatable bonds is 2. The molecule has 0 fully saturated rings. The van der Waals surface area contributed by atoms with E-state index in [1.54, 1.807) is 6.07 Å². The second-order valence-corrected chi connectivity index (χ2v) is 3.32. The van der Waals surface area contributed by atoms with E-state index in [2.05, 4.69) is 4.98 Å². The molecule has 0 atom stereocenters. The number of Topliss-reactive ketones (excluding diaryl/α,β-unsaturated/α-hetero) is 2. The van der Waals surface area contributed by atoms with Crippen LogP contribution in [0.15, 0.2) is 24.4 Å². The number of aromatic amines is 1. The molecule has 0 radical (unpaired) electrons. The highest BCUT2D eigenvalue weighted by Crippen LogP contribution is 2.22. The van der Waals surface area contributed by atoms with Crippen molar-refractivity contribution in [2.75, 3.05) is 0 Å². The fraction of sp³-hybridized carbons (Fsp3) is 0.0909. The van der Waals surface area contributed by atoms with E-state index in [4.69, 9.17) is 0 Å². The van der Waals surface area contributed by atoms with E-state index in [9.17, 15) is 14.7 Å². The number of carbonyl (C=O) groups excluding carboxylic acids is 2. The zero-order chi connectivity index (χ0) is 11.0. The Morgan fingerprint density at radius 1 is 1.33 bits per heavy atom. The van der Waals surface area contributed by atoms with Crippen LogP contribution < -0.4 is 0 Å². The van der Waals surface area contributed by atoms with E-state index in [-0.39, 0.29) is 5.75 Å². The van der Waals surface area contributed by atoms with Crippen LogP contribution in [-0.2, 0) is 4.79 Å². The van der Waals surface area contributed by atoms with Gasteiger partial charge in [0.25, 0.3) is 0 Å². The summed E-state index contributed by atoms with van der Waals surface area (Å²) in [6.45, 7) is 1.24. The fourth-order valence-corrected chi connectivity index (χ4v) is 1.49. The second-order valence-electron chi connectivity index (χ2n) is 3.32. The predicted molar refractivity (Wildman–Crippen MR) is 55.0 cm³/mol. The molecule has 0 spiro atoms. The summed E-state index contributed by atoms with van der Waals surface area (Å²) < 4.78 is 0. The number of nitrogens with one attached hydrogen (secondary N) is 1. The lowest BCUT2D eigenvalue weighted by Crippen LogP contribution is -2.08. The number of carbonyl (C=O) groups is 2. The Balaban J connectivity index is 2.64. The molecule has 4 nitrogen and oxygen atoms in total. The summed E-state index contributed by atoms with van der Waals surface area (Å²) in [6, 6.07) is 4.59. The molecule has 2 aromatic rings. The Labute approximate surface area is 85.5 Å². The normalized spacial score (nSPS) is 10.5. The lowest BCUT2D eigenvalue weighted by Gasteiger charge is -1.95. The third-order valence-electron chi connectivity index (χ3n) is 2.23. The van der Waals surface area contributed by atoms with Gasteiger partial charge < -0.3 is 10.1 Å². The smallest absolute Gasteiger partial charge is 0.230 e. The summed E-state index contributed by atoms with van der Waals surface area (Å²) in [7, 11) is 0. The van der Waals surface area contributed by atoms with Crippen molar-refractivity contribution in [3.05, 3.63) is 30.0 Å². The van der Waals surface area contributed by atoms with Gasteiger partial charge in [-0.05, 0) is 12.1 Å². The van der Waals surface area contributed by atoms with Crippen molar-refractivity contribution in [2.45, 2.75) is 6.92 Å². The lowest BCUT2D eigenvalue weighted by molar-refractivity contribution is -0.113. The van der Waals surface area contributed by atoms with Gasteiger partial charge in [0.2, 0.25) is 5.78 Å².